The van der Waals surface area contributed by atoms with Crippen LogP contribution in [0.1, 0.15) is 30.9 Å². The molecule has 0 radical (unpaired) electrons. The molecule has 1 aliphatic rings. The van der Waals surface area contributed by atoms with Gasteiger partial charge in [-0.25, -0.2) is 4.99 Å². The third kappa shape index (κ3) is 4.07. The molecule has 114 valence electrons. The van der Waals surface area contributed by atoms with Crippen molar-refractivity contribution in [1.82, 2.24) is 24.6 Å². The fourth-order valence-corrected chi connectivity index (χ4v) is 2.49. The number of hydrogen-bond donors (Lipinski definition) is 0. The highest BCUT2D eigenvalue weighted by Crippen LogP contribution is 2.14. The first-order valence-electron chi connectivity index (χ1n) is 6.89. The lowest BCUT2D eigenvalue weighted by atomic mass is 10.2. The molecule has 2 rings (SSSR count). The van der Waals surface area contributed by atoms with Crippen LogP contribution in [-0.4, -0.2) is 58.7 Å². The van der Waals surface area contributed by atoms with E-state index in [0.29, 0.717) is 6.54 Å². The van der Waals surface area contributed by atoms with Gasteiger partial charge in [0.2, 0.25) is 0 Å². The highest BCUT2D eigenvalue weighted by Gasteiger charge is 2.14. The second-order valence-electron chi connectivity index (χ2n) is 5.40. The zero-order chi connectivity index (χ0) is 13.8. The predicted octanol–water partition coefficient (Wildman–Crippen LogP) is 1.60. The van der Waals surface area contributed by atoms with Crippen LogP contribution in [0, 0.1) is 0 Å². The topological polar surface area (TPSA) is 49.6 Å². The second-order valence-corrected chi connectivity index (χ2v) is 5.40. The van der Waals surface area contributed by atoms with Crippen LogP contribution < -0.4 is 0 Å². The van der Waals surface area contributed by atoms with Crippen molar-refractivity contribution >= 4 is 29.9 Å². The normalized spacial score (nSPS) is 13.8. The lowest BCUT2D eigenvalue weighted by Gasteiger charge is -2.22. The lowest BCUT2D eigenvalue weighted by molar-refractivity contribution is 0.477. The molecule has 0 N–H and O–H groups in total. The van der Waals surface area contributed by atoms with Gasteiger partial charge in [-0.05, 0) is 12.8 Å². The van der Waals surface area contributed by atoms with Crippen molar-refractivity contribution in [1.29, 1.82) is 0 Å². The van der Waals surface area contributed by atoms with Gasteiger partial charge >= 0.3 is 0 Å². The van der Waals surface area contributed by atoms with E-state index in [4.69, 9.17) is 0 Å². The molecule has 0 amide bonds. The van der Waals surface area contributed by atoms with Crippen molar-refractivity contribution in [2.24, 2.45) is 4.99 Å². The van der Waals surface area contributed by atoms with Gasteiger partial charge in [-0.2, -0.15) is 0 Å². The largest absolute Gasteiger partial charge is 0.349 e. The maximum absolute atomic E-state index is 4.65. The molecule has 20 heavy (non-hydrogen) atoms. The minimum atomic E-state index is 0. The summed E-state index contributed by atoms with van der Waals surface area (Å²) in [6.45, 7) is 1.63. The van der Waals surface area contributed by atoms with Crippen LogP contribution in [0.15, 0.2) is 4.99 Å². The SMILES string of the molecule is CN(C)C(=NCc1nnc2n1CCCCC2)N(C)C.I. The van der Waals surface area contributed by atoms with E-state index in [9.17, 15) is 0 Å². The number of halogens is 1. The Labute approximate surface area is 138 Å². The van der Waals surface area contributed by atoms with E-state index < -0.39 is 0 Å². The highest BCUT2D eigenvalue weighted by atomic mass is 127. The Balaban J connectivity index is 0.00000200. The average Bonchev–Trinajstić information content (AvgIpc) is 2.58. The van der Waals surface area contributed by atoms with Crippen molar-refractivity contribution in [2.45, 2.75) is 38.8 Å². The van der Waals surface area contributed by atoms with Crippen LogP contribution in [0.2, 0.25) is 0 Å². The number of aliphatic imine (C=N–C) groups is 1. The van der Waals surface area contributed by atoms with Gasteiger partial charge in [-0.1, -0.05) is 6.42 Å². The van der Waals surface area contributed by atoms with Crippen LogP contribution in [0.4, 0.5) is 0 Å². The molecule has 2 heterocycles. The number of guanidine groups is 1. The summed E-state index contributed by atoms with van der Waals surface area (Å²) in [4.78, 5) is 8.68. The molecule has 1 aromatic rings. The number of aromatic nitrogens is 3. The number of rotatable bonds is 2. The Hall–Kier alpha value is -0.860. The summed E-state index contributed by atoms with van der Waals surface area (Å²) in [7, 11) is 8.01. The van der Waals surface area contributed by atoms with E-state index in [1.54, 1.807) is 0 Å². The summed E-state index contributed by atoms with van der Waals surface area (Å²) in [5.41, 5.74) is 0. The number of nitrogens with zero attached hydrogens (tertiary/aromatic N) is 6. The van der Waals surface area contributed by atoms with Gasteiger partial charge in [0, 0.05) is 41.2 Å². The van der Waals surface area contributed by atoms with Crippen molar-refractivity contribution in [3.8, 4) is 0 Å². The van der Waals surface area contributed by atoms with E-state index in [1.807, 2.05) is 38.0 Å². The van der Waals surface area contributed by atoms with E-state index in [2.05, 4.69) is 19.8 Å². The molecule has 0 unspecified atom stereocenters. The van der Waals surface area contributed by atoms with E-state index in [0.717, 1.165) is 30.6 Å². The van der Waals surface area contributed by atoms with E-state index in [1.165, 1.54) is 19.3 Å². The molecule has 1 aliphatic heterocycles. The molecule has 6 nitrogen and oxygen atoms in total. The molecule has 0 aliphatic carbocycles. The minimum absolute atomic E-state index is 0. The molecule has 0 atom stereocenters. The molecule has 0 fully saturated rings. The first-order chi connectivity index (χ1) is 9.09. The van der Waals surface area contributed by atoms with Crippen LogP contribution in [0.5, 0.6) is 0 Å². The van der Waals surface area contributed by atoms with E-state index >= 15 is 0 Å². The molecule has 0 saturated heterocycles. The first kappa shape index (κ1) is 17.2. The zero-order valence-electron chi connectivity index (χ0n) is 12.8. The summed E-state index contributed by atoms with van der Waals surface area (Å²) < 4.78 is 2.25. The summed E-state index contributed by atoms with van der Waals surface area (Å²) >= 11 is 0. The summed E-state index contributed by atoms with van der Waals surface area (Å²) in [5.74, 6) is 3.06. The van der Waals surface area contributed by atoms with Crippen LogP contribution >= 0.6 is 24.0 Å². The van der Waals surface area contributed by atoms with Gasteiger partial charge in [-0.15, -0.1) is 34.2 Å². The van der Waals surface area contributed by atoms with E-state index in [-0.39, 0.29) is 24.0 Å². The van der Waals surface area contributed by atoms with Crippen molar-refractivity contribution < 1.29 is 0 Å². The molecule has 0 spiro atoms. The monoisotopic (exact) mass is 392 g/mol. The van der Waals surface area contributed by atoms with Crippen molar-refractivity contribution in [3.63, 3.8) is 0 Å². The van der Waals surface area contributed by atoms with Gasteiger partial charge in [0.1, 0.15) is 12.4 Å². The Morgan fingerprint density at radius 1 is 1.10 bits per heavy atom. The van der Waals surface area contributed by atoms with Crippen molar-refractivity contribution in [3.05, 3.63) is 11.6 Å². The van der Waals surface area contributed by atoms with Gasteiger partial charge in [0.15, 0.2) is 11.8 Å². The second kappa shape index (κ2) is 7.80. The smallest absolute Gasteiger partial charge is 0.195 e. The van der Waals surface area contributed by atoms with Crippen molar-refractivity contribution in [2.75, 3.05) is 28.2 Å². The molecular weight excluding hydrogens is 367 g/mol. The van der Waals surface area contributed by atoms with Gasteiger partial charge in [0.05, 0.1) is 0 Å². The quantitative estimate of drug-likeness (QED) is 0.436. The minimum Gasteiger partial charge on any atom is -0.349 e. The average molecular weight is 392 g/mol. The highest BCUT2D eigenvalue weighted by molar-refractivity contribution is 14.0. The Bertz CT molecular complexity index is 442. The summed E-state index contributed by atoms with van der Waals surface area (Å²) in [5, 5.41) is 8.60. The third-order valence-corrected chi connectivity index (χ3v) is 3.35. The van der Waals surface area contributed by atoms with Crippen LogP contribution in [0.25, 0.3) is 0 Å². The summed E-state index contributed by atoms with van der Waals surface area (Å²) in [6.07, 6.45) is 4.77. The molecular formula is C13H25IN6. The molecule has 7 heteroatoms. The number of hydrogen-bond acceptors (Lipinski definition) is 3. The van der Waals surface area contributed by atoms with Crippen LogP contribution in [0.3, 0.4) is 0 Å². The van der Waals surface area contributed by atoms with Gasteiger partial charge < -0.3 is 14.4 Å². The number of aryl methyl sites for hydroxylation is 1. The zero-order valence-corrected chi connectivity index (χ0v) is 15.2. The standard InChI is InChI=1S/C13H24N6.HI/c1-17(2)13(18(3)4)14-10-12-16-15-11-8-6-5-7-9-19(11)12;/h5-10H2,1-4H3;1H. The molecule has 1 aromatic heterocycles. The van der Waals surface area contributed by atoms with Gasteiger partial charge in [0.25, 0.3) is 0 Å². The molecule has 0 aromatic carbocycles. The maximum atomic E-state index is 4.65. The Morgan fingerprint density at radius 3 is 2.45 bits per heavy atom. The van der Waals surface area contributed by atoms with Crippen LogP contribution in [-0.2, 0) is 19.5 Å². The third-order valence-electron chi connectivity index (χ3n) is 3.35. The fourth-order valence-electron chi connectivity index (χ4n) is 2.49. The maximum Gasteiger partial charge on any atom is 0.195 e. The predicted molar refractivity (Wildman–Crippen MR) is 91.5 cm³/mol. The fraction of sp³-hybridized carbons (Fsp3) is 0.769. The van der Waals surface area contributed by atoms with Gasteiger partial charge in [-0.3, -0.25) is 0 Å². The lowest BCUT2D eigenvalue weighted by Crippen LogP contribution is -2.35. The Morgan fingerprint density at radius 2 is 1.80 bits per heavy atom. The number of fused-ring (bicyclic) bond motifs is 1. The molecule has 0 saturated carbocycles. The molecule has 0 bridgehead atoms. The summed E-state index contributed by atoms with van der Waals surface area (Å²) in [6, 6.07) is 0. The first-order valence-corrected chi connectivity index (χ1v) is 6.89. The Kier molecular flexibility index (Phi) is 6.70.